The zero-order chi connectivity index (χ0) is 21.9. The first-order chi connectivity index (χ1) is 14.5. The van der Waals surface area contributed by atoms with E-state index < -0.39 is 5.92 Å². The number of rotatable bonds is 13. The van der Waals surface area contributed by atoms with Gasteiger partial charge in [-0.3, -0.25) is 4.79 Å². The highest BCUT2D eigenvalue weighted by Crippen LogP contribution is 2.32. The molecule has 0 spiro atoms. The summed E-state index contributed by atoms with van der Waals surface area (Å²) in [5.74, 6) is 0.863. The molecule has 1 aromatic heterocycles. The van der Waals surface area contributed by atoms with E-state index in [0.29, 0.717) is 29.0 Å². The van der Waals surface area contributed by atoms with E-state index in [1.807, 2.05) is 0 Å². The first kappa shape index (κ1) is 24.3. The van der Waals surface area contributed by atoms with Crippen LogP contribution in [0.3, 0.4) is 0 Å². The number of aliphatic hydroxyl groups is 1. The Hall–Kier alpha value is -1.95. The molecule has 1 N–H and O–H groups in total. The van der Waals surface area contributed by atoms with Gasteiger partial charge in [-0.2, -0.15) is 0 Å². The molecule has 2 rings (SSSR count). The molecular formula is C23H28Cl2O5. The molecule has 1 aromatic carbocycles. The molecule has 5 nitrogen and oxygen atoms in total. The van der Waals surface area contributed by atoms with Crippen LogP contribution in [0.5, 0.6) is 11.5 Å². The van der Waals surface area contributed by atoms with E-state index in [0.717, 1.165) is 43.4 Å². The summed E-state index contributed by atoms with van der Waals surface area (Å²) < 4.78 is 16.8. The van der Waals surface area contributed by atoms with Crippen molar-refractivity contribution < 1.29 is 19.0 Å². The number of aliphatic hydroxyl groups excluding tert-OH is 1. The number of hydrogen-bond donors (Lipinski definition) is 1. The summed E-state index contributed by atoms with van der Waals surface area (Å²) in [5, 5.41) is 10.4. The van der Waals surface area contributed by atoms with Crippen LogP contribution in [0.25, 0.3) is 0 Å². The Morgan fingerprint density at radius 2 is 1.83 bits per heavy atom. The Morgan fingerprint density at radius 3 is 2.43 bits per heavy atom. The Morgan fingerprint density at radius 1 is 1.13 bits per heavy atom. The summed E-state index contributed by atoms with van der Waals surface area (Å²) in [4.78, 5) is 12.1. The van der Waals surface area contributed by atoms with Gasteiger partial charge < -0.3 is 19.0 Å². The maximum absolute atomic E-state index is 12.1. The molecule has 0 aliphatic rings. The monoisotopic (exact) mass is 454 g/mol. The number of hydrogen-bond acceptors (Lipinski definition) is 5. The fourth-order valence-electron chi connectivity index (χ4n) is 2.94. The molecule has 7 heteroatoms. The van der Waals surface area contributed by atoms with Gasteiger partial charge in [0.05, 0.1) is 25.7 Å². The largest absolute Gasteiger partial charge is 0.493 e. The van der Waals surface area contributed by atoms with Crippen LogP contribution in [0.1, 0.15) is 49.8 Å². The molecule has 0 saturated heterocycles. The second-order valence-corrected chi connectivity index (χ2v) is 7.75. The minimum Gasteiger partial charge on any atom is -0.493 e. The highest BCUT2D eigenvalue weighted by molar-refractivity contribution is 6.35. The Labute approximate surface area is 187 Å². The van der Waals surface area contributed by atoms with E-state index in [-0.39, 0.29) is 17.8 Å². The molecule has 1 unspecified atom stereocenters. The number of halogens is 2. The first-order valence-electron chi connectivity index (χ1n) is 10.1. The summed E-state index contributed by atoms with van der Waals surface area (Å²) in [5.41, 5.74) is 0.711. The lowest BCUT2D eigenvalue weighted by molar-refractivity contribution is 0.257. The minimum atomic E-state index is -0.404. The molecular weight excluding hydrogens is 427 g/mol. The molecule has 164 valence electrons. The van der Waals surface area contributed by atoms with E-state index >= 15 is 0 Å². The van der Waals surface area contributed by atoms with E-state index in [4.69, 9.17) is 37.1 Å². The second kappa shape index (κ2) is 12.7. The summed E-state index contributed by atoms with van der Waals surface area (Å²) in [7, 11) is 0. The van der Waals surface area contributed by atoms with Gasteiger partial charge >= 0.3 is 0 Å². The highest BCUT2D eigenvalue weighted by atomic mass is 35.5. The van der Waals surface area contributed by atoms with E-state index in [9.17, 15) is 9.90 Å². The fraction of sp³-hybridized carbons (Fsp3) is 0.435. The van der Waals surface area contributed by atoms with Gasteiger partial charge in [0.15, 0.2) is 0 Å². The quantitative estimate of drug-likeness (QED) is 0.306. The standard InChI is InChI=1S/C23H28Cl2O5/c1-3-8-18-19(25)11-17(24)12-22(18)28-9-6-5-7-10-29-23-15-30-21(13-20(23)27)16(4-2)14-26/h4,11-13,15-16,26H,2-3,5-10,14H2,1H3. The lowest BCUT2D eigenvalue weighted by atomic mass is 10.1. The molecule has 0 bridgehead atoms. The predicted molar refractivity (Wildman–Crippen MR) is 120 cm³/mol. The van der Waals surface area contributed by atoms with Gasteiger partial charge in [0, 0.05) is 21.7 Å². The normalized spacial score (nSPS) is 11.9. The summed E-state index contributed by atoms with van der Waals surface area (Å²) in [6.45, 7) is 6.48. The average molecular weight is 455 g/mol. The van der Waals surface area contributed by atoms with Crippen LogP contribution < -0.4 is 14.9 Å². The van der Waals surface area contributed by atoms with Gasteiger partial charge in [0.2, 0.25) is 11.2 Å². The van der Waals surface area contributed by atoms with Crippen molar-refractivity contribution in [3.63, 3.8) is 0 Å². The van der Waals surface area contributed by atoms with Crippen molar-refractivity contribution in [3.8, 4) is 11.5 Å². The van der Waals surface area contributed by atoms with Gasteiger partial charge in [-0.1, -0.05) is 42.6 Å². The van der Waals surface area contributed by atoms with Crippen LogP contribution in [0, 0.1) is 0 Å². The number of unbranched alkanes of at least 4 members (excludes halogenated alkanes) is 2. The van der Waals surface area contributed by atoms with Crippen molar-refractivity contribution >= 4 is 23.2 Å². The van der Waals surface area contributed by atoms with Crippen LogP contribution >= 0.6 is 23.2 Å². The molecule has 0 radical (unpaired) electrons. The van der Waals surface area contributed by atoms with Crippen LogP contribution in [-0.4, -0.2) is 24.9 Å². The van der Waals surface area contributed by atoms with Crippen LogP contribution in [0.15, 0.2) is 46.3 Å². The summed E-state index contributed by atoms with van der Waals surface area (Å²) >= 11 is 12.4. The topological polar surface area (TPSA) is 68.9 Å². The third-order valence-corrected chi connectivity index (χ3v) is 5.14. The molecule has 0 aliphatic carbocycles. The number of ether oxygens (including phenoxy) is 2. The maximum Gasteiger partial charge on any atom is 0.227 e. The van der Waals surface area contributed by atoms with Gasteiger partial charge in [0.1, 0.15) is 17.8 Å². The van der Waals surface area contributed by atoms with Crippen molar-refractivity contribution in [3.05, 3.63) is 68.7 Å². The Bertz CT molecular complexity index is 878. The zero-order valence-electron chi connectivity index (χ0n) is 17.2. The van der Waals surface area contributed by atoms with Crippen LogP contribution in [-0.2, 0) is 6.42 Å². The molecule has 2 aromatic rings. The molecule has 1 atom stereocenters. The molecule has 30 heavy (non-hydrogen) atoms. The van der Waals surface area contributed by atoms with Gasteiger partial charge in [0.25, 0.3) is 0 Å². The Balaban J connectivity index is 1.74. The van der Waals surface area contributed by atoms with E-state index in [2.05, 4.69) is 13.5 Å². The SMILES string of the molecule is C=CC(CO)c1cc(=O)c(OCCCCCOc2cc(Cl)cc(Cl)c2CCC)co1. The van der Waals surface area contributed by atoms with Crippen molar-refractivity contribution in [1.82, 2.24) is 0 Å². The highest BCUT2D eigenvalue weighted by Gasteiger charge is 2.12. The molecule has 1 heterocycles. The maximum atomic E-state index is 12.1. The molecule has 0 aliphatic heterocycles. The van der Waals surface area contributed by atoms with Gasteiger partial charge in [-0.05, 0) is 37.8 Å². The fourth-order valence-corrected chi connectivity index (χ4v) is 3.51. The van der Waals surface area contributed by atoms with Crippen molar-refractivity contribution in [2.45, 2.75) is 44.9 Å². The lowest BCUT2D eigenvalue weighted by Crippen LogP contribution is -2.11. The number of benzene rings is 1. The first-order valence-corrected chi connectivity index (χ1v) is 10.8. The van der Waals surface area contributed by atoms with Gasteiger partial charge in [-0.15, -0.1) is 6.58 Å². The predicted octanol–water partition coefficient (Wildman–Crippen LogP) is 5.79. The smallest absolute Gasteiger partial charge is 0.227 e. The molecule has 0 fully saturated rings. The van der Waals surface area contributed by atoms with Crippen LogP contribution in [0.4, 0.5) is 0 Å². The van der Waals surface area contributed by atoms with Crippen LogP contribution in [0.2, 0.25) is 10.0 Å². The lowest BCUT2D eigenvalue weighted by Gasteiger charge is -2.13. The van der Waals surface area contributed by atoms with Gasteiger partial charge in [-0.25, -0.2) is 0 Å². The summed E-state index contributed by atoms with van der Waals surface area (Å²) in [6.07, 6.45) is 7.11. The van der Waals surface area contributed by atoms with Crippen molar-refractivity contribution in [2.24, 2.45) is 0 Å². The van der Waals surface area contributed by atoms with E-state index in [1.165, 1.54) is 18.4 Å². The minimum absolute atomic E-state index is 0.161. The van der Waals surface area contributed by atoms with Crippen molar-refractivity contribution in [2.75, 3.05) is 19.8 Å². The third kappa shape index (κ3) is 7.08. The average Bonchev–Trinajstić information content (AvgIpc) is 2.72. The zero-order valence-corrected chi connectivity index (χ0v) is 18.7. The van der Waals surface area contributed by atoms with E-state index in [1.54, 1.807) is 12.1 Å². The second-order valence-electron chi connectivity index (χ2n) is 6.91. The third-order valence-electron chi connectivity index (χ3n) is 4.59. The molecule has 0 amide bonds. The Kier molecular flexibility index (Phi) is 10.3. The molecule has 0 saturated carbocycles. The summed E-state index contributed by atoms with van der Waals surface area (Å²) in [6, 6.07) is 4.87. The van der Waals surface area contributed by atoms with Crippen molar-refractivity contribution in [1.29, 1.82) is 0 Å².